The van der Waals surface area contributed by atoms with Gasteiger partial charge in [0.2, 0.25) is 5.88 Å². The molecule has 4 aliphatic heterocycles. The highest BCUT2D eigenvalue weighted by atomic mass is 32.2. The molecule has 248 valence electrons. The maximum Gasteiger partial charge on any atom is 0.238 e. The molecule has 1 aliphatic carbocycles. The predicted molar refractivity (Wildman–Crippen MR) is 194 cm³/mol. The predicted octanol–water partition coefficient (Wildman–Crippen LogP) is 9.88. The van der Waals surface area contributed by atoms with Crippen LogP contribution in [0.3, 0.4) is 0 Å². The molecule has 0 bridgehead atoms. The molecule has 0 spiro atoms. The maximum atomic E-state index is 5.81. The van der Waals surface area contributed by atoms with Gasteiger partial charge in [-0.3, -0.25) is 0 Å². The molecular weight excluding hydrogens is 589 g/mol. The zero-order chi connectivity index (χ0) is 31.9. The molecule has 1 saturated heterocycles. The number of ether oxygens (including phenoxy) is 2. The molecule has 1 aromatic heterocycles. The fourth-order valence-corrected chi connectivity index (χ4v) is 8.64. The van der Waals surface area contributed by atoms with Crippen LogP contribution in [0.25, 0.3) is 5.57 Å². The molecule has 0 aromatic carbocycles. The summed E-state index contributed by atoms with van der Waals surface area (Å²) < 4.78 is 11.6. The molecule has 0 saturated carbocycles. The van der Waals surface area contributed by atoms with Crippen LogP contribution in [0.2, 0.25) is 0 Å². The van der Waals surface area contributed by atoms with Crippen molar-refractivity contribution in [1.29, 1.82) is 0 Å². The first-order valence-electron chi connectivity index (χ1n) is 17.9. The number of methoxy groups -OCH3 is 1. The van der Waals surface area contributed by atoms with E-state index in [1.807, 2.05) is 0 Å². The smallest absolute Gasteiger partial charge is 0.238 e. The molecule has 0 radical (unpaired) electrons. The topological polar surface area (TPSA) is 50.2 Å². The molecule has 0 amide bonds. The van der Waals surface area contributed by atoms with Gasteiger partial charge in [-0.2, -0.15) is 0 Å². The third-order valence-corrected chi connectivity index (χ3v) is 11.5. The van der Waals surface area contributed by atoms with Gasteiger partial charge < -0.3 is 19.3 Å². The molecule has 3 unspecified atom stereocenters. The zero-order valence-electron chi connectivity index (χ0n) is 28.6. The Morgan fingerprint density at radius 3 is 2.80 bits per heavy atom. The van der Waals surface area contributed by atoms with Gasteiger partial charge in [-0.1, -0.05) is 48.9 Å². The number of thioether (sulfide) groups is 1. The van der Waals surface area contributed by atoms with Crippen molar-refractivity contribution in [3.05, 3.63) is 69.5 Å². The Morgan fingerprint density at radius 1 is 1.09 bits per heavy atom. The van der Waals surface area contributed by atoms with Gasteiger partial charge in [-0.05, 0) is 130 Å². The number of amidine groups is 1. The Kier molecular flexibility index (Phi) is 11.4. The number of anilines is 1. The van der Waals surface area contributed by atoms with Gasteiger partial charge in [-0.15, -0.1) is 0 Å². The second-order valence-electron chi connectivity index (χ2n) is 14.0. The summed E-state index contributed by atoms with van der Waals surface area (Å²) in [7, 11) is 1.72. The number of aromatic nitrogens is 1. The van der Waals surface area contributed by atoms with Crippen molar-refractivity contribution in [1.82, 2.24) is 9.88 Å². The lowest BCUT2D eigenvalue weighted by atomic mass is 9.86. The molecule has 3 atom stereocenters. The van der Waals surface area contributed by atoms with Crippen LogP contribution in [0.15, 0.2) is 68.8 Å². The molecule has 5 heterocycles. The van der Waals surface area contributed by atoms with E-state index in [0.717, 1.165) is 67.4 Å². The largest absolute Gasteiger partial charge is 0.479 e. The van der Waals surface area contributed by atoms with E-state index in [1.54, 1.807) is 30.0 Å². The van der Waals surface area contributed by atoms with E-state index in [2.05, 4.69) is 72.7 Å². The van der Waals surface area contributed by atoms with E-state index in [1.165, 1.54) is 81.2 Å². The average molecular weight is 643 g/mol. The van der Waals surface area contributed by atoms with Gasteiger partial charge in [0.25, 0.3) is 0 Å². The Bertz CT molecular complexity index is 1420. The number of hydrogen-bond donors (Lipinski definition) is 0. The van der Waals surface area contributed by atoms with E-state index in [0.29, 0.717) is 11.8 Å². The molecular formula is C39H54N4O2S. The summed E-state index contributed by atoms with van der Waals surface area (Å²) in [6, 6.07) is 4.29. The summed E-state index contributed by atoms with van der Waals surface area (Å²) in [5.41, 5.74) is 7.75. The highest BCUT2D eigenvalue weighted by Gasteiger charge is 2.27. The molecule has 46 heavy (non-hydrogen) atoms. The van der Waals surface area contributed by atoms with Gasteiger partial charge in [0.1, 0.15) is 11.5 Å². The fourth-order valence-electron chi connectivity index (χ4n) is 7.71. The standard InChI is InChI=1S/C39H54N4O2S/c1-28-10-7-23-43(26-28)36-17-16-35(40-39(36)44-4)34-27-46-37(18-15-30(34)3)41-38-33-14-6-5-11-32(33)13-9-22-42(38)21-8-12-31-20-25-45-24-19-29(31)2/h7,16-18,23,26-27,29-31H,5-6,8-15,19-22,24-25H2,1-4H3. The molecule has 0 N–H and O–H groups in total. The lowest BCUT2D eigenvalue weighted by Crippen LogP contribution is -2.34. The number of allylic oxidation sites excluding steroid dienone is 5. The summed E-state index contributed by atoms with van der Waals surface area (Å²) in [6.07, 6.45) is 23.2. The Balaban J connectivity index is 1.22. The third-order valence-electron chi connectivity index (χ3n) is 10.6. The first kappa shape index (κ1) is 33.1. The number of pyridine rings is 1. The van der Waals surface area contributed by atoms with E-state index < -0.39 is 0 Å². The Labute approximate surface area is 281 Å². The number of hydrogen-bond acceptors (Lipinski definition) is 6. The zero-order valence-corrected chi connectivity index (χ0v) is 29.4. The minimum absolute atomic E-state index is 0.338. The molecule has 1 fully saturated rings. The van der Waals surface area contributed by atoms with Crippen molar-refractivity contribution in [2.45, 2.75) is 97.8 Å². The average Bonchev–Trinajstić information content (AvgIpc) is 3.47. The van der Waals surface area contributed by atoms with Gasteiger partial charge >= 0.3 is 0 Å². The van der Waals surface area contributed by atoms with Crippen molar-refractivity contribution < 1.29 is 9.47 Å². The van der Waals surface area contributed by atoms with Crippen LogP contribution in [0.4, 0.5) is 5.69 Å². The van der Waals surface area contributed by atoms with Crippen molar-refractivity contribution in [3.8, 4) is 5.88 Å². The minimum atomic E-state index is 0.338. The summed E-state index contributed by atoms with van der Waals surface area (Å²) in [5.74, 6) is 3.81. The number of rotatable bonds is 8. The molecule has 6 rings (SSSR count). The first-order chi connectivity index (χ1) is 22.5. The second kappa shape index (κ2) is 15.9. The lowest BCUT2D eigenvalue weighted by Gasteiger charge is -2.29. The maximum absolute atomic E-state index is 5.81. The second-order valence-corrected chi connectivity index (χ2v) is 14.8. The SMILES string of the molecule is COc1nc(C2=CSC(N=C3C4=C(CCCC4)CCCN3CCCC3CCOCCC3C)=CCC2C)ccc1N1C=CCC(C)=C1. The summed E-state index contributed by atoms with van der Waals surface area (Å²) in [5, 5.41) is 3.42. The van der Waals surface area contributed by atoms with E-state index in [4.69, 9.17) is 19.5 Å². The van der Waals surface area contributed by atoms with Gasteiger partial charge in [0.05, 0.1) is 17.8 Å². The monoisotopic (exact) mass is 642 g/mol. The molecule has 5 aliphatic rings. The van der Waals surface area contributed by atoms with E-state index in [-0.39, 0.29) is 0 Å². The van der Waals surface area contributed by atoms with Gasteiger partial charge in [0, 0.05) is 38.7 Å². The van der Waals surface area contributed by atoms with Crippen molar-refractivity contribution in [3.63, 3.8) is 0 Å². The lowest BCUT2D eigenvalue weighted by molar-refractivity contribution is 0.140. The van der Waals surface area contributed by atoms with E-state index >= 15 is 0 Å². The van der Waals surface area contributed by atoms with Crippen LogP contribution >= 0.6 is 11.8 Å². The molecule has 1 aromatic rings. The van der Waals surface area contributed by atoms with Crippen LogP contribution in [-0.4, -0.2) is 49.1 Å². The third kappa shape index (κ3) is 8.02. The summed E-state index contributed by atoms with van der Waals surface area (Å²) in [4.78, 5) is 15.3. The Hall–Kier alpha value is -2.77. The van der Waals surface area contributed by atoms with Crippen LogP contribution in [-0.2, 0) is 4.74 Å². The molecule has 7 heteroatoms. The number of nitrogens with zero attached hydrogens (tertiary/aromatic N) is 4. The van der Waals surface area contributed by atoms with Crippen LogP contribution in [0, 0.1) is 17.8 Å². The quantitative estimate of drug-likeness (QED) is 0.281. The van der Waals surface area contributed by atoms with Crippen molar-refractivity contribution in [2.75, 3.05) is 38.3 Å². The Morgan fingerprint density at radius 2 is 1.93 bits per heavy atom. The van der Waals surface area contributed by atoms with Gasteiger partial charge in [-0.25, -0.2) is 9.98 Å². The summed E-state index contributed by atoms with van der Waals surface area (Å²) >= 11 is 1.76. The highest BCUT2D eigenvalue weighted by Crippen LogP contribution is 2.40. The summed E-state index contributed by atoms with van der Waals surface area (Å²) in [6.45, 7) is 11.0. The highest BCUT2D eigenvalue weighted by molar-refractivity contribution is 8.06. The fraction of sp³-hybridized carbons (Fsp3) is 0.590. The normalized spacial score (nSPS) is 26.9. The van der Waals surface area contributed by atoms with E-state index in [9.17, 15) is 0 Å². The minimum Gasteiger partial charge on any atom is -0.479 e. The number of aliphatic imine (C=N–C) groups is 1. The molecule has 6 nitrogen and oxygen atoms in total. The van der Waals surface area contributed by atoms with Crippen molar-refractivity contribution >= 4 is 28.9 Å². The van der Waals surface area contributed by atoms with Crippen LogP contribution < -0.4 is 9.64 Å². The van der Waals surface area contributed by atoms with Crippen LogP contribution in [0.1, 0.15) is 104 Å². The first-order valence-corrected chi connectivity index (χ1v) is 18.8. The van der Waals surface area contributed by atoms with Crippen LogP contribution in [0.5, 0.6) is 5.88 Å². The van der Waals surface area contributed by atoms with Crippen molar-refractivity contribution in [2.24, 2.45) is 22.7 Å². The van der Waals surface area contributed by atoms with Gasteiger partial charge in [0.15, 0.2) is 0 Å².